The van der Waals surface area contributed by atoms with Gasteiger partial charge in [-0.3, -0.25) is 4.79 Å². The van der Waals surface area contributed by atoms with Crippen molar-refractivity contribution in [3.63, 3.8) is 0 Å². The van der Waals surface area contributed by atoms with E-state index in [1.807, 2.05) is 50.2 Å². The maximum Gasteiger partial charge on any atom is 0.329 e. The minimum atomic E-state index is -0.675. The molecule has 0 radical (unpaired) electrons. The molecule has 0 fully saturated rings. The number of ether oxygens (including phenoxy) is 1. The molecule has 0 heterocycles. The Kier molecular flexibility index (Phi) is 5.92. The molecule has 2 rings (SSSR count). The Bertz CT molecular complexity index is 638. The summed E-state index contributed by atoms with van der Waals surface area (Å²) in [5, 5.41) is 2.76. The van der Waals surface area contributed by atoms with Crippen molar-refractivity contribution in [1.29, 1.82) is 0 Å². The Labute approximate surface area is 136 Å². The van der Waals surface area contributed by atoms with E-state index in [-0.39, 0.29) is 18.4 Å². The lowest BCUT2D eigenvalue weighted by Crippen LogP contribution is -2.45. The molecule has 0 aliphatic heterocycles. The minimum absolute atomic E-state index is 0.0639. The molecular formula is C19H21NO3. The topological polar surface area (TPSA) is 55.4 Å². The Hall–Kier alpha value is -2.62. The molecule has 1 unspecified atom stereocenters. The van der Waals surface area contributed by atoms with E-state index >= 15 is 0 Å². The highest BCUT2D eigenvalue weighted by atomic mass is 16.5. The van der Waals surface area contributed by atoms with Gasteiger partial charge in [0.1, 0.15) is 12.6 Å². The van der Waals surface area contributed by atoms with E-state index in [0.717, 1.165) is 5.56 Å². The summed E-state index contributed by atoms with van der Waals surface area (Å²) < 4.78 is 5.33. The summed E-state index contributed by atoms with van der Waals surface area (Å²) in [5.41, 5.74) is 1.44. The van der Waals surface area contributed by atoms with Crippen LogP contribution in [0.4, 0.5) is 0 Å². The third-order valence-electron chi connectivity index (χ3n) is 3.47. The van der Waals surface area contributed by atoms with Crippen molar-refractivity contribution in [2.45, 2.75) is 26.5 Å². The zero-order chi connectivity index (χ0) is 16.7. The zero-order valence-corrected chi connectivity index (χ0v) is 13.4. The normalized spacial score (nSPS) is 11.8. The van der Waals surface area contributed by atoms with Crippen LogP contribution in [0.25, 0.3) is 0 Å². The predicted octanol–water partition coefficient (Wildman–Crippen LogP) is 3.18. The minimum Gasteiger partial charge on any atom is -0.459 e. The molecule has 2 aromatic rings. The second kappa shape index (κ2) is 8.13. The molecule has 4 nitrogen and oxygen atoms in total. The summed E-state index contributed by atoms with van der Waals surface area (Å²) in [7, 11) is 0. The van der Waals surface area contributed by atoms with Gasteiger partial charge in [-0.2, -0.15) is 0 Å². The van der Waals surface area contributed by atoms with Gasteiger partial charge in [-0.25, -0.2) is 4.79 Å². The first-order valence-electron chi connectivity index (χ1n) is 7.64. The molecule has 0 aliphatic rings. The Morgan fingerprint density at radius 1 is 0.957 bits per heavy atom. The highest BCUT2D eigenvalue weighted by Crippen LogP contribution is 2.09. The average molecular weight is 311 g/mol. The summed E-state index contributed by atoms with van der Waals surface area (Å²) >= 11 is 0. The molecule has 1 amide bonds. The van der Waals surface area contributed by atoms with Gasteiger partial charge in [0.05, 0.1) is 0 Å². The highest BCUT2D eigenvalue weighted by molar-refractivity contribution is 5.96. The number of hydrogen-bond acceptors (Lipinski definition) is 3. The van der Waals surface area contributed by atoms with E-state index in [2.05, 4.69) is 5.32 Å². The summed E-state index contributed by atoms with van der Waals surface area (Å²) in [6, 6.07) is 17.6. The Balaban J connectivity index is 1.97. The van der Waals surface area contributed by atoms with Gasteiger partial charge in [-0.15, -0.1) is 0 Å². The fourth-order valence-electron chi connectivity index (χ4n) is 2.13. The molecule has 120 valence electrons. The molecule has 0 bridgehead atoms. The number of rotatable bonds is 6. The fraction of sp³-hybridized carbons (Fsp3) is 0.263. The van der Waals surface area contributed by atoms with Crippen LogP contribution >= 0.6 is 0 Å². The molecule has 0 saturated carbocycles. The third-order valence-corrected chi connectivity index (χ3v) is 3.47. The van der Waals surface area contributed by atoms with Gasteiger partial charge in [0.15, 0.2) is 0 Å². The SMILES string of the molecule is CC(C)C(NC(=O)c1ccccc1)C(=O)OCc1ccccc1. The van der Waals surface area contributed by atoms with Gasteiger partial charge in [0.25, 0.3) is 5.91 Å². The second-order valence-electron chi connectivity index (χ2n) is 5.65. The molecule has 1 atom stereocenters. The molecule has 0 saturated heterocycles. The van der Waals surface area contributed by atoms with E-state index in [0.29, 0.717) is 5.56 Å². The predicted molar refractivity (Wildman–Crippen MR) is 88.8 cm³/mol. The molecule has 1 N–H and O–H groups in total. The van der Waals surface area contributed by atoms with Crippen molar-refractivity contribution in [3.05, 3.63) is 71.8 Å². The summed E-state index contributed by atoms with van der Waals surface area (Å²) in [6.45, 7) is 3.95. The number of esters is 1. The molecule has 4 heteroatoms. The standard InChI is InChI=1S/C19H21NO3/c1-14(2)17(20-18(21)16-11-7-4-8-12-16)19(22)23-13-15-9-5-3-6-10-15/h3-12,14,17H,13H2,1-2H3,(H,20,21). The van der Waals surface area contributed by atoms with Crippen molar-refractivity contribution in [2.24, 2.45) is 5.92 Å². The molecular weight excluding hydrogens is 290 g/mol. The molecule has 0 aromatic heterocycles. The van der Waals surface area contributed by atoms with Gasteiger partial charge in [0.2, 0.25) is 0 Å². The second-order valence-corrected chi connectivity index (χ2v) is 5.65. The molecule has 0 aliphatic carbocycles. The van der Waals surface area contributed by atoms with E-state index in [1.54, 1.807) is 24.3 Å². The van der Waals surface area contributed by atoms with Crippen molar-refractivity contribution in [2.75, 3.05) is 0 Å². The molecule has 0 spiro atoms. The van der Waals surface area contributed by atoms with E-state index in [9.17, 15) is 9.59 Å². The van der Waals surface area contributed by atoms with Crippen molar-refractivity contribution in [3.8, 4) is 0 Å². The number of benzene rings is 2. The molecule has 23 heavy (non-hydrogen) atoms. The van der Waals surface area contributed by atoms with Crippen LogP contribution in [-0.2, 0) is 16.1 Å². The van der Waals surface area contributed by atoms with Crippen LogP contribution in [0.1, 0.15) is 29.8 Å². The smallest absolute Gasteiger partial charge is 0.329 e. The van der Waals surface area contributed by atoms with Gasteiger partial charge in [-0.05, 0) is 23.6 Å². The summed E-state index contributed by atoms with van der Waals surface area (Å²) in [5.74, 6) is -0.764. The lowest BCUT2D eigenvalue weighted by atomic mass is 10.0. The van der Waals surface area contributed by atoms with Gasteiger partial charge < -0.3 is 10.1 Å². The van der Waals surface area contributed by atoms with E-state index in [4.69, 9.17) is 4.74 Å². The van der Waals surface area contributed by atoms with Crippen molar-refractivity contribution in [1.82, 2.24) is 5.32 Å². The zero-order valence-electron chi connectivity index (χ0n) is 13.4. The third kappa shape index (κ3) is 4.95. The number of hydrogen-bond donors (Lipinski definition) is 1. The van der Waals surface area contributed by atoms with Crippen LogP contribution in [-0.4, -0.2) is 17.9 Å². The maximum atomic E-state index is 12.3. The lowest BCUT2D eigenvalue weighted by molar-refractivity contribution is -0.148. The first-order chi connectivity index (χ1) is 11.1. The number of amides is 1. The van der Waals surface area contributed by atoms with Crippen molar-refractivity contribution < 1.29 is 14.3 Å². The van der Waals surface area contributed by atoms with Gasteiger partial charge in [0, 0.05) is 5.56 Å². The number of carbonyl (C=O) groups excluding carboxylic acids is 2. The largest absolute Gasteiger partial charge is 0.459 e. The molecule has 2 aromatic carbocycles. The van der Waals surface area contributed by atoms with Crippen LogP contribution in [0.15, 0.2) is 60.7 Å². The average Bonchev–Trinajstić information content (AvgIpc) is 2.58. The number of carbonyl (C=O) groups is 2. The monoisotopic (exact) mass is 311 g/mol. The Morgan fingerprint density at radius 2 is 1.52 bits per heavy atom. The fourth-order valence-corrected chi connectivity index (χ4v) is 2.13. The highest BCUT2D eigenvalue weighted by Gasteiger charge is 2.26. The Morgan fingerprint density at radius 3 is 2.09 bits per heavy atom. The van der Waals surface area contributed by atoms with E-state index in [1.165, 1.54) is 0 Å². The first kappa shape index (κ1) is 16.7. The maximum absolute atomic E-state index is 12.3. The first-order valence-corrected chi connectivity index (χ1v) is 7.64. The van der Waals surface area contributed by atoms with E-state index < -0.39 is 12.0 Å². The van der Waals surface area contributed by atoms with Crippen LogP contribution in [0.5, 0.6) is 0 Å². The van der Waals surface area contributed by atoms with Crippen LogP contribution in [0.3, 0.4) is 0 Å². The van der Waals surface area contributed by atoms with Crippen LogP contribution in [0, 0.1) is 5.92 Å². The number of nitrogens with one attached hydrogen (secondary N) is 1. The lowest BCUT2D eigenvalue weighted by Gasteiger charge is -2.21. The van der Waals surface area contributed by atoms with Gasteiger partial charge in [-0.1, -0.05) is 62.4 Å². The summed E-state index contributed by atoms with van der Waals surface area (Å²) in [6.07, 6.45) is 0. The van der Waals surface area contributed by atoms with Crippen molar-refractivity contribution >= 4 is 11.9 Å². The van der Waals surface area contributed by atoms with Gasteiger partial charge >= 0.3 is 5.97 Å². The quantitative estimate of drug-likeness (QED) is 0.834. The summed E-state index contributed by atoms with van der Waals surface area (Å²) in [4.78, 5) is 24.5. The van der Waals surface area contributed by atoms with Crippen LogP contribution in [0.2, 0.25) is 0 Å². The van der Waals surface area contributed by atoms with Crippen LogP contribution < -0.4 is 5.32 Å².